The number of hydrogen-bond acceptors (Lipinski definition) is 4. The van der Waals surface area contributed by atoms with Crippen LogP contribution in [0.2, 0.25) is 0 Å². The fourth-order valence-corrected chi connectivity index (χ4v) is 6.27. The molecular formula is C35H26O4. The van der Waals surface area contributed by atoms with Crippen molar-refractivity contribution in [2.75, 3.05) is 13.6 Å². The molecule has 0 saturated carbocycles. The molecule has 0 fully saturated rings. The van der Waals surface area contributed by atoms with Crippen LogP contribution >= 0.6 is 0 Å². The van der Waals surface area contributed by atoms with Crippen LogP contribution < -0.4 is 9.47 Å². The fourth-order valence-electron chi connectivity index (χ4n) is 6.27. The van der Waals surface area contributed by atoms with E-state index in [1.54, 1.807) is 0 Å². The summed E-state index contributed by atoms with van der Waals surface area (Å²) >= 11 is 0. The Balaban J connectivity index is 1.52. The smallest absolute Gasteiger partial charge is 0.186 e. The molecule has 0 bridgehead atoms. The van der Waals surface area contributed by atoms with Crippen LogP contribution in [0.3, 0.4) is 0 Å². The highest BCUT2D eigenvalue weighted by Crippen LogP contribution is 2.56. The minimum absolute atomic E-state index is 0.351. The molecule has 0 spiro atoms. The second kappa shape index (κ2) is 9.28. The van der Waals surface area contributed by atoms with E-state index in [2.05, 4.69) is 84.9 Å². The van der Waals surface area contributed by atoms with E-state index in [0.717, 1.165) is 21.5 Å². The molecule has 4 heteroatoms. The van der Waals surface area contributed by atoms with Crippen molar-refractivity contribution in [2.45, 2.75) is 5.41 Å². The van der Waals surface area contributed by atoms with Crippen LogP contribution in [0.5, 0.6) is 11.5 Å². The van der Waals surface area contributed by atoms with Crippen LogP contribution in [0.1, 0.15) is 22.3 Å². The molecule has 1 aliphatic carbocycles. The number of aliphatic hydroxyl groups excluding tert-OH is 2. The van der Waals surface area contributed by atoms with Gasteiger partial charge in [-0.1, -0.05) is 84.9 Å². The summed E-state index contributed by atoms with van der Waals surface area (Å²) in [6.07, 6.45) is 0. The Bertz CT molecular complexity index is 1720. The molecular weight excluding hydrogens is 484 g/mol. The maximum Gasteiger partial charge on any atom is 0.186 e. The molecule has 6 aromatic rings. The normalized spacial score (nSPS) is 13.3. The molecule has 0 aliphatic heterocycles. The van der Waals surface area contributed by atoms with Gasteiger partial charge in [0.25, 0.3) is 0 Å². The molecule has 0 saturated heterocycles. The van der Waals surface area contributed by atoms with Gasteiger partial charge < -0.3 is 19.7 Å². The fraction of sp³-hybridized carbons (Fsp3) is 0.0857. The van der Waals surface area contributed by atoms with Crippen molar-refractivity contribution < 1.29 is 19.7 Å². The zero-order valence-electron chi connectivity index (χ0n) is 21.2. The molecule has 0 radical (unpaired) electrons. The van der Waals surface area contributed by atoms with Crippen molar-refractivity contribution in [1.29, 1.82) is 0 Å². The van der Waals surface area contributed by atoms with E-state index in [9.17, 15) is 10.2 Å². The number of rotatable bonds is 6. The average molecular weight is 511 g/mol. The molecule has 190 valence electrons. The van der Waals surface area contributed by atoms with Gasteiger partial charge >= 0.3 is 0 Å². The Labute approximate surface area is 226 Å². The van der Waals surface area contributed by atoms with E-state index in [-0.39, 0.29) is 13.6 Å². The highest BCUT2D eigenvalue weighted by Gasteiger charge is 2.46. The molecule has 0 heterocycles. The summed E-state index contributed by atoms with van der Waals surface area (Å²) in [6.45, 7) is -0.703. The van der Waals surface area contributed by atoms with Crippen LogP contribution in [0.25, 0.3) is 32.7 Å². The van der Waals surface area contributed by atoms with Crippen LogP contribution in [-0.4, -0.2) is 23.8 Å². The topological polar surface area (TPSA) is 58.9 Å². The van der Waals surface area contributed by atoms with Gasteiger partial charge in [0.2, 0.25) is 0 Å². The van der Waals surface area contributed by atoms with Gasteiger partial charge in [-0.3, -0.25) is 0 Å². The average Bonchev–Trinajstić information content (AvgIpc) is 3.28. The van der Waals surface area contributed by atoms with Gasteiger partial charge in [0.15, 0.2) is 13.6 Å². The Morgan fingerprint density at radius 2 is 0.872 bits per heavy atom. The van der Waals surface area contributed by atoms with Crippen molar-refractivity contribution in [1.82, 2.24) is 0 Å². The summed E-state index contributed by atoms with van der Waals surface area (Å²) in [5.74, 6) is 1.28. The first-order chi connectivity index (χ1) is 19.2. The first-order valence-corrected chi connectivity index (χ1v) is 13.0. The van der Waals surface area contributed by atoms with Gasteiger partial charge in [0.05, 0.1) is 5.41 Å². The molecule has 4 nitrogen and oxygen atoms in total. The first kappa shape index (κ1) is 23.5. The predicted octanol–water partition coefficient (Wildman–Crippen LogP) is 7.01. The number of fused-ring (bicyclic) bond motifs is 5. The Hall–Kier alpha value is -4.64. The summed E-state index contributed by atoms with van der Waals surface area (Å²) < 4.78 is 10.6. The van der Waals surface area contributed by atoms with E-state index in [1.165, 1.54) is 33.4 Å². The lowest BCUT2D eigenvalue weighted by molar-refractivity contribution is 0.0982. The summed E-state index contributed by atoms with van der Waals surface area (Å²) in [4.78, 5) is 0. The Morgan fingerprint density at radius 1 is 0.462 bits per heavy atom. The maximum atomic E-state index is 9.20. The van der Waals surface area contributed by atoms with Gasteiger partial charge in [-0.05, 0) is 91.3 Å². The van der Waals surface area contributed by atoms with Crippen molar-refractivity contribution in [3.05, 3.63) is 144 Å². The molecule has 39 heavy (non-hydrogen) atoms. The first-order valence-electron chi connectivity index (χ1n) is 13.0. The molecule has 0 amide bonds. The van der Waals surface area contributed by atoms with Crippen LogP contribution in [0, 0.1) is 0 Å². The standard InChI is InChI=1S/C35H26O4/c36-21-38-29-15-11-23-17-27(13-9-25(23)19-29)35(28-14-10-26-20-30(39-22-37)16-12-24(26)18-28)33-7-3-1-5-31(33)32-6-2-4-8-34(32)35/h1-20,36-37H,21-22H2. The SMILES string of the molecule is OCOc1ccc2cc(C3(c4ccc5cc(OCO)ccc5c4)c4ccccc4-c4ccccc43)ccc2c1. The van der Waals surface area contributed by atoms with Gasteiger partial charge in [-0.15, -0.1) is 0 Å². The third kappa shape index (κ3) is 3.61. The molecule has 1 aliphatic rings. The zero-order chi connectivity index (χ0) is 26.4. The number of ether oxygens (including phenoxy) is 2. The van der Waals surface area contributed by atoms with Crippen molar-refractivity contribution in [3.8, 4) is 22.6 Å². The molecule has 2 N–H and O–H groups in total. The predicted molar refractivity (Wildman–Crippen MR) is 154 cm³/mol. The molecule has 6 aromatic carbocycles. The van der Waals surface area contributed by atoms with Crippen molar-refractivity contribution in [3.63, 3.8) is 0 Å². The lowest BCUT2D eigenvalue weighted by Gasteiger charge is -2.34. The summed E-state index contributed by atoms with van der Waals surface area (Å²) in [7, 11) is 0. The highest BCUT2D eigenvalue weighted by atomic mass is 16.6. The molecule has 0 unspecified atom stereocenters. The third-order valence-corrected chi connectivity index (χ3v) is 7.90. The summed E-state index contributed by atoms with van der Waals surface area (Å²) in [6, 6.07) is 42.5. The van der Waals surface area contributed by atoms with Gasteiger partial charge in [-0.2, -0.15) is 0 Å². The van der Waals surface area contributed by atoms with Gasteiger partial charge in [0, 0.05) is 0 Å². The molecule has 0 atom stereocenters. The summed E-state index contributed by atoms with van der Waals surface area (Å²) in [5.41, 5.74) is 6.84. The van der Waals surface area contributed by atoms with E-state index in [4.69, 9.17) is 9.47 Å². The Morgan fingerprint density at radius 3 is 1.33 bits per heavy atom. The van der Waals surface area contributed by atoms with E-state index in [1.807, 2.05) is 36.4 Å². The van der Waals surface area contributed by atoms with Crippen LogP contribution in [-0.2, 0) is 5.41 Å². The largest absolute Gasteiger partial charge is 0.468 e. The lowest BCUT2D eigenvalue weighted by atomic mass is 9.67. The lowest BCUT2D eigenvalue weighted by Crippen LogP contribution is -2.28. The van der Waals surface area contributed by atoms with Crippen LogP contribution in [0.4, 0.5) is 0 Å². The quantitative estimate of drug-likeness (QED) is 0.236. The monoisotopic (exact) mass is 510 g/mol. The zero-order valence-corrected chi connectivity index (χ0v) is 21.2. The number of hydrogen-bond donors (Lipinski definition) is 2. The molecule has 0 aromatic heterocycles. The van der Waals surface area contributed by atoms with Gasteiger partial charge in [-0.25, -0.2) is 0 Å². The number of benzene rings is 6. The van der Waals surface area contributed by atoms with Crippen molar-refractivity contribution >= 4 is 21.5 Å². The summed E-state index contributed by atoms with van der Waals surface area (Å²) in [5, 5.41) is 22.7. The van der Waals surface area contributed by atoms with E-state index < -0.39 is 5.41 Å². The minimum atomic E-state index is -0.518. The van der Waals surface area contributed by atoms with E-state index in [0.29, 0.717) is 11.5 Å². The second-order valence-electron chi connectivity index (χ2n) is 9.84. The van der Waals surface area contributed by atoms with Gasteiger partial charge in [0.1, 0.15) is 11.5 Å². The minimum Gasteiger partial charge on any atom is -0.468 e. The third-order valence-electron chi connectivity index (χ3n) is 7.90. The number of aliphatic hydroxyl groups is 2. The molecule has 7 rings (SSSR count). The highest BCUT2D eigenvalue weighted by molar-refractivity contribution is 5.92. The maximum absolute atomic E-state index is 9.20. The Kier molecular flexibility index (Phi) is 5.58. The van der Waals surface area contributed by atoms with Crippen LogP contribution in [0.15, 0.2) is 121 Å². The second-order valence-corrected chi connectivity index (χ2v) is 9.84. The van der Waals surface area contributed by atoms with E-state index >= 15 is 0 Å². The van der Waals surface area contributed by atoms with Crippen molar-refractivity contribution in [2.24, 2.45) is 0 Å².